The van der Waals surface area contributed by atoms with Crippen molar-refractivity contribution in [2.24, 2.45) is 17.6 Å². The van der Waals surface area contributed by atoms with Crippen LogP contribution in [-0.2, 0) is 0 Å². The maximum absolute atomic E-state index is 12.5. The summed E-state index contributed by atoms with van der Waals surface area (Å²) in [6.07, 6.45) is 6.71. The molecule has 0 atom stereocenters. The van der Waals surface area contributed by atoms with Crippen LogP contribution in [0.25, 0.3) is 0 Å². The van der Waals surface area contributed by atoms with Gasteiger partial charge in [0.1, 0.15) is 40.8 Å². The fourth-order valence-electron chi connectivity index (χ4n) is 4.34. The summed E-state index contributed by atoms with van der Waals surface area (Å²) in [7, 11) is 0. The molecule has 4 N–H and O–H groups in total. The van der Waals surface area contributed by atoms with Gasteiger partial charge >= 0.3 is 0 Å². The average Bonchev–Trinajstić information content (AvgIpc) is 2.87. The second-order valence-electron chi connectivity index (χ2n) is 10.9. The normalized spacial score (nSPS) is 25.9. The average molecular weight is 560 g/mol. The Bertz CT molecular complexity index is 1020. The Hall–Kier alpha value is -3.23. The molecule has 3 fully saturated rings. The Balaban J connectivity index is 0.000000154. The molecule has 0 amide bonds. The van der Waals surface area contributed by atoms with Gasteiger partial charge in [0.15, 0.2) is 0 Å². The molecule has 0 unspecified atom stereocenters. The summed E-state index contributed by atoms with van der Waals surface area (Å²) in [6.45, 7) is 4.37. The minimum absolute atomic E-state index is 0.0417. The largest absolute Gasteiger partial charge is 0.508 e. The van der Waals surface area contributed by atoms with E-state index in [0.29, 0.717) is 6.10 Å². The molecule has 3 saturated carbocycles. The van der Waals surface area contributed by atoms with Crippen LogP contribution in [0.4, 0.5) is 13.2 Å². The number of nitrogens with two attached hydrogens (primary N) is 1. The maximum Gasteiger partial charge on any atom is 0.123 e. The van der Waals surface area contributed by atoms with Crippen molar-refractivity contribution >= 4 is 0 Å². The molecule has 3 aromatic rings. The molecule has 3 aliphatic rings. The molecule has 0 aliphatic heterocycles. The summed E-state index contributed by atoms with van der Waals surface area (Å²) in [4.78, 5) is 0. The zero-order valence-electron chi connectivity index (χ0n) is 23.1. The van der Waals surface area contributed by atoms with Crippen LogP contribution >= 0.6 is 0 Å². The fraction of sp³-hybridized carbons (Fsp3) is 0.438. The van der Waals surface area contributed by atoms with E-state index in [-0.39, 0.29) is 41.5 Å². The van der Waals surface area contributed by atoms with E-state index in [4.69, 9.17) is 25.4 Å². The number of aliphatic hydroxyl groups is 1. The molecular formula is C32H40F3NO4. The van der Waals surface area contributed by atoms with Gasteiger partial charge in [-0.3, -0.25) is 0 Å². The number of halogens is 3. The van der Waals surface area contributed by atoms with E-state index < -0.39 is 0 Å². The van der Waals surface area contributed by atoms with Crippen molar-refractivity contribution in [1.29, 1.82) is 0 Å². The quantitative estimate of drug-likeness (QED) is 0.320. The first-order chi connectivity index (χ1) is 19.0. The van der Waals surface area contributed by atoms with Gasteiger partial charge in [-0.1, -0.05) is 13.8 Å². The van der Waals surface area contributed by atoms with E-state index in [1.54, 1.807) is 24.3 Å². The van der Waals surface area contributed by atoms with Crippen LogP contribution in [0, 0.1) is 29.3 Å². The number of hydrogen-bond acceptors (Lipinski definition) is 5. The van der Waals surface area contributed by atoms with Crippen molar-refractivity contribution in [3.05, 3.63) is 90.2 Å². The minimum atomic E-state index is -0.331. The summed E-state index contributed by atoms with van der Waals surface area (Å²) in [5.74, 6) is 2.38. The topological polar surface area (TPSA) is 84.9 Å². The van der Waals surface area contributed by atoms with Gasteiger partial charge in [0, 0.05) is 6.04 Å². The molecule has 8 heteroatoms. The molecule has 0 radical (unpaired) electrons. The van der Waals surface area contributed by atoms with E-state index >= 15 is 0 Å². The monoisotopic (exact) mass is 559 g/mol. The van der Waals surface area contributed by atoms with Gasteiger partial charge < -0.3 is 25.4 Å². The molecule has 3 aromatic carbocycles. The third-order valence-electron chi connectivity index (χ3n) is 6.87. The molecule has 0 bridgehead atoms. The molecular weight excluding hydrogens is 519 g/mol. The minimum Gasteiger partial charge on any atom is -0.508 e. The molecule has 0 heterocycles. The van der Waals surface area contributed by atoms with Crippen LogP contribution in [0.15, 0.2) is 72.8 Å². The van der Waals surface area contributed by atoms with Crippen molar-refractivity contribution in [3.8, 4) is 17.2 Å². The summed E-state index contributed by atoms with van der Waals surface area (Å²) < 4.78 is 48.1. The number of hydrogen-bond donors (Lipinski definition) is 3. The van der Waals surface area contributed by atoms with E-state index in [9.17, 15) is 13.2 Å². The maximum atomic E-state index is 12.5. The summed E-state index contributed by atoms with van der Waals surface area (Å²) >= 11 is 0. The lowest BCUT2D eigenvalue weighted by Crippen LogP contribution is -2.43. The first kappa shape index (κ1) is 31.3. The molecule has 0 aromatic heterocycles. The van der Waals surface area contributed by atoms with Gasteiger partial charge in [0.2, 0.25) is 0 Å². The van der Waals surface area contributed by atoms with Crippen LogP contribution in [0.3, 0.4) is 0 Å². The van der Waals surface area contributed by atoms with Crippen molar-refractivity contribution in [2.45, 2.75) is 76.7 Å². The lowest BCUT2D eigenvalue weighted by molar-refractivity contribution is 0.0513. The van der Waals surface area contributed by atoms with Gasteiger partial charge in [-0.05, 0) is 123 Å². The highest BCUT2D eigenvalue weighted by molar-refractivity contribution is 5.23. The van der Waals surface area contributed by atoms with Crippen LogP contribution in [0.1, 0.15) is 52.4 Å². The standard InChI is InChI=1S/C11H13FO.C10H12FNO.C6H5FO.C5H10O/c1-8-6-11(7-8)13-10-4-2-9(12)3-5-10;11-7-1-3-9(4-2-7)13-10-5-8(12)6-10;7-5-1-3-6(8)4-2-5;1-4-2-5(6)3-4/h2-5,8,11H,6-7H2,1H3;1-4,8,10H,5-6,12H2;1-4,8H;4-6H,2-3H2,1H3. The van der Waals surface area contributed by atoms with E-state index in [1.165, 1.54) is 48.5 Å². The predicted octanol–water partition coefficient (Wildman–Crippen LogP) is 7.01. The Morgan fingerprint density at radius 1 is 0.600 bits per heavy atom. The number of phenolic OH excluding ortho intramolecular Hbond substituents is 1. The fourth-order valence-corrected chi connectivity index (χ4v) is 4.34. The van der Waals surface area contributed by atoms with Crippen LogP contribution < -0.4 is 15.2 Å². The first-order valence-electron chi connectivity index (χ1n) is 13.8. The number of rotatable bonds is 4. The van der Waals surface area contributed by atoms with Gasteiger partial charge in [0.05, 0.1) is 12.2 Å². The molecule has 3 aliphatic carbocycles. The Labute approximate surface area is 234 Å². The van der Waals surface area contributed by atoms with Crippen LogP contribution in [0.5, 0.6) is 17.2 Å². The predicted molar refractivity (Wildman–Crippen MR) is 150 cm³/mol. The van der Waals surface area contributed by atoms with Crippen molar-refractivity contribution in [1.82, 2.24) is 0 Å². The lowest BCUT2D eigenvalue weighted by Gasteiger charge is -2.32. The van der Waals surface area contributed by atoms with Gasteiger partial charge in [-0.15, -0.1) is 0 Å². The highest BCUT2D eigenvalue weighted by Gasteiger charge is 2.28. The van der Waals surface area contributed by atoms with Gasteiger partial charge in [-0.25, -0.2) is 13.2 Å². The van der Waals surface area contributed by atoms with E-state index in [1.807, 2.05) is 0 Å². The SMILES string of the molecule is CC1CC(O)C1.CC1CC(Oc2ccc(F)cc2)C1.NC1CC(Oc2ccc(F)cc2)C1.Oc1ccc(F)cc1. The second-order valence-corrected chi connectivity index (χ2v) is 10.9. The van der Waals surface area contributed by atoms with Crippen molar-refractivity contribution in [3.63, 3.8) is 0 Å². The third kappa shape index (κ3) is 11.5. The van der Waals surface area contributed by atoms with E-state index in [2.05, 4.69) is 13.8 Å². The Kier molecular flexibility index (Phi) is 12.2. The van der Waals surface area contributed by atoms with E-state index in [0.717, 1.165) is 61.9 Å². The smallest absolute Gasteiger partial charge is 0.123 e. The van der Waals surface area contributed by atoms with Crippen molar-refractivity contribution in [2.75, 3.05) is 0 Å². The summed E-state index contributed by atoms with van der Waals surface area (Å²) in [6, 6.07) is 17.6. The zero-order valence-corrected chi connectivity index (χ0v) is 23.1. The first-order valence-corrected chi connectivity index (χ1v) is 13.8. The van der Waals surface area contributed by atoms with Crippen LogP contribution in [0.2, 0.25) is 0 Å². The number of phenols is 1. The molecule has 0 saturated heterocycles. The highest BCUT2D eigenvalue weighted by atomic mass is 19.1. The molecule has 6 rings (SSSR count). The highest BCUT2D eigenvalue weighted by Crippen LogP contribution is 2.30. The summed E-state index contributed by atoms with van der Waals surface area (Å²) in [5.41, 5.74) is 5.61. The van der Waals surface area contributed by atoms with Crippen LogP contribution in [-0.4, -0.2) is 34.6 Å². The lowest BCUT2D eigenvalue weighted by atomic mass is 9.84. The molecule has 40 heavy (non-hydrogen) atoms. The van der Waals surface area contributed by atoms with Gasteiger partial charge in [0.25, 0.3) is 0 Å². The van der Waals surface area contributed by atoms with Crippen molar-refractivity contribution < 1.29 is 32.9 Å². The summed E-state index contributed by atoms with van der Waals surface area (Å²) in [5, 5.41) is 17.2. The number of ether oxygens (including phenoxy) is 2. The number of benzene rings is 3. The second kappa shape index (κ2) is 15.5. The zero-order chi connectivity index (χ0) is 29.1. The number of aliphatic hydroxyl groups excluding tert-OH is 1. The molecule has 5 nitrogen and oxygen atoms in total. The molecule has 0 spiro atoms. The van der Waals surface area contributed by atoms with Gasteiger partial charge in [-0.2, -0.15) is 0 Å². The molecule has 218 valence electrons. The Morgan fingerprint density at radius 3 is 1.23 bits per heavy atom. The Morgan fingerprint density at radius 2 is 0.950 bits per heavy atom. The third-order valence-corrected chi connectivity index (χ3v) is 6.87. The number of aromatic hydroxyl groups is 1.